The summed E-state index contributed by atoms with van der Waals surface area (Å²) in [6, 6.07) is 0. The van der Waals surface area contributed by atoms with Gasteiger partial charge in [0.15, 0.2) is 0 Å². The Balaban J connectivity index is 6.05. The van der Waals surface area contributed by atoms with Gasteiger partial charge in [-0.05, 0) is 46.5 Å². The average Bonchev–Trinajstić information content (AvgIpc) is 2.63. The first-order chi connectivity index (χ1) is 12.6. The van der Waals surface area contributed by atoms with E-state index in [0.717, 1.165) is 6.42 Å². The standard InChI is InChI=1S/C21H48O3PSi/c1-8-15-18-25(19-16-9-2,20-17-10-3)21(11-4)26(22-12-5,23-13-6)24-14-7/h21H,8-20H2,1-7H3/q+1. The predicted octanol–water partition coefficient (Wildman–Crippen LogP) is 6.77. The van der Waals surface area contributed by atoms with Crippen molar-refractivity contribution in [2.75, 3.05) is 38.3 Å². The molecule has 0 aliphatic heterocycles. The van der Waals surface area contributed by atoms with Gasteiger partial charge in [0.25, 0.3) is 0 Å². The van der Waals surface area contributed by atoms with Crippen molar-refractivity contribution < 1.29 is 13.3 Å². The molecule has 0 bridgehead atoms. The molecule has 0 amide bonds. The fourth-order valence-electron chi connectivity index (χ4n) is 4.21. The molecule has 5 heteroatoms. The highest BCUT2D eigenvalue weighted by Gasteiger charge is 2.62. The molecule has 0 aromatic heterocycles. The summed E-state index contributed by atoms with van der Waals surface area (Å²) >= 11 is 0. The fourth-order valence-corrected chi connectivity index (χ4v) is 16.5. The summed E-state index contributed by atoms with van der Waals surface area (Å²) in [5, 5.41) is 0.513. The Morgan fingerprint density at radius 2 is 0.962 bits per heavy atom. The Bertz CT molecular complexity index is 290. The zero-order valence-electron chi connectivity index (χ0n) is 18.9. The minimum atomic E-state index is -2.66. The van der Waals surface area contributed by atoms with Crippen molar-refractivity contribution in [2.45, 2.75) is 98.7 Å². The van der Waals surface area contributed by atoms with Crippen LogP contribution in [-0.4, -0.2) is 52.4 Å². The van der Waals surface area contributed by atoms with Crippen LogP contribution in [0.1, 0.15) is 93.4 Å². The van der Waals surface area contributed by atoms with Gasteiger partial charge in [-0.15, -0.1) is 0 Å². The van der Waals surface area contributed by atoms with Crippen molar-refractivity contribution in [2.24, 2.45) is 0 Å². The van der Waals surface area contributed by atoms with Crippen LogP contribution in [0.15, 0.2) is 0 Å². The number of rotatable bonds is 18. The second-order valence-electron chi connectivity index (χ2n) is 7.28. The summed E-state index contributed by atoms with van der Waals surface area (Å²) in [6.45, 7) is 17.7. The third kappa shape index (κ3) is 7.87. The van der Waals surface area contributed by atoms with Gasteiger partial charge in [0.05, 0.1) is 18.5 Å². The summed E-state index contributed by atoms with van der Waals surface area (Å²) in [5.74, 6) is 0. The van der Waals surface area contributed by atoms with E-state index in [-0.39, 0.29) is 0 Å². The lowest BCUT2D eigenvalue weighted by molar-refractivity contribution is 0.0684. The van der Waals surface area contributed by atoms with Crippen LogP contribution in [-0.2, 0) is 13.3 Å². The highest BCUT2D eigenvalue weighted by molar-refractivity contribution is 7.78. The first-order valence-corrected chi connectivity index (χ1v) is 15.5. The molecule has 0 radical (unpaired) electrons. The molecule has 0 aliphatic rings. The van der Waals surface area contributed by atoms with Crippen LogP contribution in [0.2, 0.25) is 0 Å². The van der Waals surface area contributed by atoms with E-state index in [1.807, 2.05) is 0 Å². The van der Waals surface area contributed by atoms with E-state index in [1.165, 1.54) is 57.0 Å². The SMILES string of the molecule is CCCC[P+](CCCC)(CCCC)C(CC)[Si](OCC)(OCC)OCC. The second-order valence-corrected chi connectivity index (χ2v) is 14.9. The van der Waals surface area contributed by atoms with Crippen molar-refractivity contribution in [1.29, 1.82) is 0 Å². The molecule has 0 aliphatic carbocycles. The second kappa shape index (κ2) is 15.4. The molecule has 1 atom stereocenters. The van der Waals surface area contributed by atoms with E-state index in [1.54, 1.807) is 0 Å². The molecule has 0 aromatic rings. The molecule has 0 spiro atoms. The monoisotopic (exact) mass is 407 g/mol. The Morgan fingerprint density at radius 1 is 0.615 bits per heavy atom. The first-order valence-electron chi connectivity index (χ1n) is 11.3. The normalized spacial score (nSPS) is 14.0. The highest BCUT2D eigenvalue weighted by Crippen LogP contribution is 2.67. The largest absolute Gasteiger partial charge is 0.543 e. The minimum absolute atomic E-state index is 0.513. The van der Waals surface area contributed by atoms with Gasteiger partial charge < -0.3 is 13.3 Å². The topological polar surface area (TPSA) is 27.7 Å². The summed E-state index contributed by atoms with van der Waals surface area (Å²) < 4.78 is 19.3. The summed E-state index contributed by atoms with van der Waals surface area (Å²) in [7, 11) is -3.84. The Kier molecular flexibility index (Phi) is 15.8. The van der Waals surface area contributed by atoms with Gasteiger partial charge in [-0.2, -0.15) is 0 Å². The highest BCUT2D eigenvalue weighted by atomic mass is 31.2. The van der Waals surface area contributed by atoms with Gasteiger partial charge in [0, 0.05) is 27.1 Å². The number of hydrogen-bond donors (Lipinski definition) is 0. The summed E-state index contributed by atoms with van der Waals surface area (Å²) in [6.07, 6.45) is 13.2. The molecule has 3 nitrogen and oxygen atoms in total. The maximum atomic E-state index is 6.43. The lowest BCUT2D eigenvalue weighted by Gasteiger charge is -2.42. The smallest absolute Gasteiger partial charge is 0.371 e. The molecule has 0 rings (SSSR count). The van der Waals surface area contributed by atoms with Crippen LogP contribution in [0.3, 0.4) is 0 Å². The molecule has 0 saturated heterocycles. The van der Waals surface area contributed by atoms with Crippen LogP contribution in [0.5, 0.6) is 0 Å². The third-order valence-corrected chi connectivity index (χ3v) is 16.6. The van der Waals surface area contributed by atoms with Crippen molar-refractivity contribution >= 4 is 16.1 Å². The molecule has 1 unspecified atom stereocenters. The lowest BCUT2D eigenvalue weighted by atomic mass is 10.4. The first kappa shape index (κ1) is 26.5. The van der Waals surface area contributed by atoms with Crippen molar-refractivity contribution in [3.8, 4) is 0 Å². The molecular weight excluding hydrogens is 359 g/mol. The summed E-state index contributed by atoms with van der Waals surface area (Å²) in [4.78, 5) is 0. The van der Waals surface area contributed by atoms with Crippen LogP contribution in [0.25, 0.3) is 0 Å². The van der Waals surface area contributed by atoms with E-state index in [4.69, 9.17) is 13.3 Å². The van der Waals surface area contributed by atoms with Gasteiger partial charge in [-0.1, -0.05) is 47.0 Å². The van der Waals surface area contributed by atoms with Gasteiger partial charge in [0.1, 0.15) is 5.28 Å². The van der Waals surface area contributed by atoms with Crippen molar-refractivity contribution in [3.63, 3.8) is 0 Å². The third-order valence-electron chi connectivity index (χ3n) is 5.36. The van der Waals surface area contributed by atoms with E-state index >= 15 is 0 Å². The van der Waals surface area contributed by atoms with Crippen LogP contribution in [0.4, 0.5) is 0 Å². The molecular formula is C21H48O3PSi+. The van der Waals surface area contributed by atoms with Crippen molar-refractivity contribution in [3.05, 3.63) is 0 Å². The molecule has 0 saturated carbocycles. The zero-order valence-corrected chi connectivity index (χ0v) is 20.8. The van der Waals surface area contributed by atoms with Gasteiger partial charge in [0.2, 0.25) is 0 Å². The van der Waals surface area contributed by atoms with Gasteiger partial charge >= 0.3 is 8.80 Å². The van der Waals surface area contributed by atoms with E-state index in [2.05, 4.69) is 48.5 Å². The average molecular weight is 408 g/mol. The quantitative estimate of drug-likeness (QED) is 0.185. The Hall–Kier alpha value is 0.527. The molecule has 0 fully saturated rings. The van der Waals surface area contributed by atoms with Crippen LogP contribution < -0.4 is 0 Å². The molecule has 26 heavy (non-hydrogen) atoms. The lowest BCUT2D eigenvalue weighted by Crippen LogP contribution is -2.58. The van der Waals surface area contributed by atoms with Crippen LogP contribution >= 0.6 is 7.26 Å². The molecule has 0 N–H and O–H groups in total. The number of hydrogen-bond acceptors (Lipinski definition) is 3. The summed E-state index contributed by atoms with van der Waals surface area (Å²) in [5.41, 5.74) is 0. The molecule has 0 heterocycles. The molecule has 0 aromatic carbocycles. The van der Waals surface area contributed by atoms with E-state index in [9.17, 15) is 0 Å². The van der Waals surface area contributed by atoms with E-state index in [0.29, 0.717) is 25.1 Å². The Morgan fingerprint density at radius 3 is 1.19 bits per heavy atom. The van der Waals surface area contributed by atoms with Crippen molar-refractivity contribution in [1.82, 2.24) is 0 Å². The van der Waals surface area contributed by atoms with E-state index < -0.39 is 16.1 Å². The minimum Gasteiger partial charge on any atom is -0.371 e. The Labute approximate surface area is 166 Å². The molecule has 158 valence electrons. The predicted molar refractivity (Wildman–Crippen MR) is 121 cm³/mol. The van der Waals surface area contributed by atoms with Gasteiger partial charge in [-0.3, -0.25) is 0 Å². The number of unbranched alkanes of at least 4 members (excludes halogenated alkanes) is 3. The van der Waals surface area contributed by atoms with Gasteiger partial charge in [-0.25, -0.2) is 0 Å². The maximum Gasteiger partial charge on any atom is 0.543 e. The van der Waals surface area contributed by atoms with Crippen LogP contribution in [0, 0.1) is 0 Å². The fraction of sp³-hybridized carbons (Fsp3) is 1.00. The zero-order chi connectivity index (χ0) is 19.9. The maximum absolute atomic E-state index is 6.43.